The van der Waals surface area contributed by atoms with E-state index in [1.165, 1.54) is 0 Å². The molecule has 124 valence electrons. The number of nitrogens with one attached hydrogen (secondary N) is 1. The van der Waals surface area contributed by atoms with E-state index in [0.717, 1.165) is 36.3 Å². The second kappa shape index (κ2) is 6.54. The molecule has 0 saturated carbocycles. The van der Waals surface area contributed by atoms with Crippen molar-refractivity contribution in [2.24, 2.45) is 20.0 Å². The highest BCUT2D eigenvalue weighted by Gasteiger charge is 2.34. The summed E-state index contributed by atoms with van der Waals surface area (Å²) in [4.78, 5) is 12.7. The van der Waals surface area contributed by atoms with E-state index >= 15 is 0 Å². The van der Waals surface area contributed by atoms with Gasteiger partial charge in [-0.1, -0.05) is 6.92 Å². The topological polar surface area (TPSA) is 74.0 Å². The third kappa shape index (κ3) is 3.29. The van der Waals surface area contributed by atoms with Crippen molar-refractivity contribution < 1.29 is 9.53 Å². The van der Waals surface area contributed by atoms with Crippen molar-refractivity contribution in [1.82, 2.24) is 19.6 Å². The fourth-order valence-electron chi connectivity index (χ4n) is 3.00. The van der Waals surface area contributed by atoms with Crippen LogP contribution >= 0.6 is 0 Å². The van der Waals surface area contributed by atoms with Crippen molar-refractivity contribution >= 4 is 11.7 Å². The van der Waals surface area contributed by atoms with E-state index in [9.17, 15) is 4.79 Å². The molecule has 2 atom stereocenters. The van der Waals surface area contributed by atoms with Gasteiger partial charge in [0.1, 0.15) is 5.82 Å². The van der Waals surface area contributed by atoms with Gasteiger partial charge in [0, 0.05) is 38.5 Å². The summed E-state index contributed by atoms with van der Waals surface area (Å²) in [6.45, 7) is 2.72. The molecule has 1 fully saturated rings. The van der Waals surface area contributed by atoms with Crippen LogP contribution in [0, 0.1) is 5.92 Å². The van der Waals surface area contributed by atoms with Gasteiger partial charge in [-0.05, 0) is 19.3 Å². The summed E-state index contributed by atoms with van der Waals surface area (Å²) in [7, 11) is 3.70. The van der Waals surface area contributed by atoms with Crippen molar-refractivity contribution in [2.75, 3.05) is 11.9 Å². The maximum Gasteiger partial charge on any atom is 0.231 e. The first-order chi connectivity index (χ1) is 11.1. The average Bonchev–Trinajstić information content (AvgIpc) is 3.13. The molecule has 0 spiro atoms. The lowest BCUT2D eigenvalue weighted by molar-refractivity contribution is -0.129. The van der Waals surface area contributed by atoms with Crippen LogP contribution in [0.15, 0.2) is 18.5 Å². The average molecular weight is 317 g/mol. The van der Waals surface area contributed by atoms with Crippen LogP contribution in [0.25, 0.3) is 0 Å². The van der Waals surface area contributed by atoms with Gasteiger partial charge in [-0.3, -0.25) is 14.2 Å². The van der Waals surface area contributed by atoms with Gasteiger partial charge >= 0.3 is 0 Å². The van der Waals surface area contributed by atoms with Crippen LogP contribution in [-0.2, 0) is 30.0 Å². The Hall–Kier alpha value is -2.15. The first kappa shape index (κ1) is 15.7. The number of aryl methyl sites for hydroxylation is 3. The minimum atomic E-state index is -0.240. The number of amides is 1. The molecule has 7 heteroatoms. The molecule has 1 aliphatic heterocycles. The van der Waals surface area contributed by atoms with Gasteiger partial charge in [-0.15, -0.1) is 0 Å². The van der Waals surface area contributed by atoms with E-state index in [4.69, 9.17) is 4.74 Å². The van der Waals surface area contributed by atoms with E-state index in [-0.39, 0.29) is 17.9 Å². The Kier molecular flexibility index (Phi) is 4.47. The van der Waals surface area contributed by atoms with Crippen LogP contribution in [0.5, 0.6) is 0 Å². The van der Waals surface area contributed by atoms with Gasteiger partial charge in [0.15, 0.2) is 0 Å². The maximum atomic E-state index is 12.7. The maximum absolute atomic E-state index is 12.7. The van der Waals surface area contributed by atoms with E-state index in [0.29, 0.717) is 6.61 Å². The molecular weight excluding hydrogens is 294 g/mol. The summed E-state index contributed by atoms with van der Waals surface area (Å²) in [5.41, 5.74) is 1.91. The molecule has 2 aromatic rings. The van der Waals surface area contributed by atoms with E-state index < -0.39 is 0 Å². The molecule has 0 bridgehead atoms. The number of nitrogens with zero attached hydrogens (tertiary/aromatic N) is 4. The Balaban J connectivity index is 1.77. The SMILES string of the molecule is CCc1cc(NC(=O)[C@@H]2CCCO[C@H]2c2cnn(C)c2)n(C)n1. The first-order valence-electron chi connectivity index (χ1n) is 8.02. The fraction of sp³-hybridized carbons (Fsp3) is 0.562. The highest BCUT2D eigenvalue weighted by molar-refractivity contribution is 5.92. The minimum absolute atomic E-state index is 0.0239. The molecule has 0 radical (unpaired) electrons. The predicted octanol–water partition coefficient (Wildman–Crippen LogP) is 1.82. The second-order valence-corrected chi connectivity index (χ2v) is 5.97. The normalized spacial score (nSPS) is 21.3. The number of anilines is 1. The van der Waals surface area contributed by atoms with E-state index in [1.54, 1.807) is 15.6 Å². The zero-order chi connectivity index (χ0) is 16.4. The molecule has 1 amide bonds. The molecule has 1 N–H and O–H groups in total. The van der Waals surface area contributed by atoms with Gasteiger partial charge < -0.3 is 10.1 Å². The Labute approximate surface area is 135 Å². The van der Waals surface area contributed by atoms with Gasteiger partial charge in [-0.25, -0.2) is 0 Å². The molecule has 2 aromatic heterocycles. The number of carbonyl (C=O) groups is 1. The molecule has 0 aliphatic carbocycles. The van der Waals surface area contributed by atoms with Crippen molar-refractivity contribution in [2.45, 2.75) is 32.3 Å². The van der Waals surface area contributed by atoms with Crippen LogP contribution in [0.4, 0.5) is 5.82 Å². The van der Waals surface area contributed by atoms with Crippen LogP contribution in [0.3, 0.4) is 0 Å². The van der Waals surface area contributed by atoms with Crippen LogP contribution in [-0.4, -0.2) is 32.1 Å². The summed E-state index contributed by atoms with van der Waals surface area (Å²) in [5, 5.41) is 11.5. The van der Waals surface area contributed by atoms with Crippen molar-refractivity contribution in [3.05, 3.63) is 29.7 Å². The summed E-state index contributed by atoms with van der Waals surface area (Å²) in [6, 6.07) is 1.92. The molecule has 1 saturated heterocycles. The summed E-state index contributed by atoms with van der Waals surface area (Å²) < 4.78 is 9.31. The number of hydrogen-bond donors (Lipinski definition) is 1. The molecular formula is C16H23N5O2. The zero-order valence-electron chi connectivity index (χ0n) is 13.8. The third-order valence-corrected chi connectivity index (χ3v) is 4.26. The van der Waals surface area contributed by atoms with Crippen molar-refractivity contribution in [1.29, 1.82) is 0 Å². The van der Waals surface area contributed by atoms with Crippen LogP contribution < -0.4 is 5.32 Å². The molecule has 7 nitrogen and oxygen atoms in total. The van der Waals surface area contributed by atoms with Crippen molar-refractivity contribution in [3.8, 4) is 0 Å². The lowest BCUT2D eigenvalue weighted by Crippen LogP contribution is -2.33. The fourth-order valence-corrected chi connectivity index (χ4v) is 3.00. The Morgan fingerprint density at radius 3 is 2.96 bits per heavy atom. The summed E-state index contributed by atoms with van der Waals surface area (Å²) in [6.07, 6.45) is 5.99. The molecule has 1 aliphatic rings. The number of aromatic nitrogens is 4. The quantitative estimate of drug-likeness (QED) is 0.933. The van der Waals surface area contributed by atoms with E-state index in [2.05, 4.69) is 15.5 Å². The zero-order valence-corrected chi connectivity index (χ0v) is 13.8. The molecule has 0 aromatic carbocycles. The van der Waals surface area contributed by atoms with Crippen molar-refractivity contribution in [3.63, 3.8) is 0 Å². The highest BCUT2D eigenvalue weighted by Crippen LogP contribution is 2.34. The largest absolute Gasteiger partial charge is 0.373 e. The summed E-state index contributed by atoms with van der Waals surface area (Å²) >= 11 is 0. The second-order valence-electron chi connectivity index (χ2n) is 5.97. The number of rotatable bonds is 4. The highest BCUT2D eigenvalue weighted by atomic mass is 16.5. The number of hydrogen-bond acceptors (Lipinski definition) is 4. The Bertz CT molecular complexity index is 690. The first-order valence-corrected chi connectivity index (χ1v) is 8.02. The van der Waals surface area contributed by atoms with Gasteiger partial charge in [0.2, 0.25) is 5.91 Å². The third-order valence-electron chi connectivity index (χ3n) is 4.26. The van der Waals surface area contributed by atoms with Crippen LogP contribution in [0.1, 0.15) is 37.1 Å². The van der Waals surface area contributed by atoms with Gasteiger partial charge in [0.25, 0.3) is 0 Å². The Morgan fingerprint density at radius 1 is 1.48 bits per heavy atom. The standard InChI is InChI=1S/C16H23N5O2/c1-4-12-8-14(21(3)19-12)18-16(22)13-6-5-7-23-15(13)11-9-17-20(2)10-11/h8-10,13,15H,4-7H2,1-3H3,(H,18,22)/t13-,15+/m1/s1. The summed E-state index contributed by atoms with van der Waals surface area (Å²) in [5.74, 6) is 0.486. The molecule has 3 heterocycles. The number of carbonyl (C=O) groups excluding carboxylic acids is 1. The number of ether oxygens (including phenoxy) is 1. The molecule has 23 heavy (non-hydrogen) atoms. The minimum Gasteiger partial charge on any atom is -0.373 e. The monoisotopic (exact) mass is 317 g/mol. The van der Waals surface area contributed by atoms with Gasteiger partial charge in [0.05, 0.1) is 23.9 Å². The van der Waals surface area contributed by atoms with Gasteiger partial charge in [-0.2, -0.15) is 10.2 Å². The molecule has 3 rings (SSSR count). The molecule has 0 unspecified atom stereocenters. The Morgan fingerprint density at radius 2 is 2.30 bits per heavy atom. The lowest BCUT2D eigenvalue weighted by atomic mass is 9.90. The van der Waals surface area contributed by atoms with E-state index in [1.807, 2.05) is 33.3 Å². The predicted molar refractivity (Wildman–Crippen MR) is 85.8 cm³/mol. The smallest absolute Gasteiger partial charge is 0.231 e. The lowest BCUT2D eigenvalue weighted by Gasteiger charge is -2.30. The van der Waals surface area contributed by atoms with Crippen LogP contribution in [0.2, 0.25) is 0 Å².